The highest BCUT2D eigenvalue weighted by Crippen LogP contribution is 2.53. The van der Waals surface area contributed by atoms with Crippen LogP contribution >= 0.6 is 0 Å². The van der Waals surface area contributed by atoms with E-state index in [4.69, 9.17) is 4.74 Å². The highest BCUT2D eigenvalue weighted by molar-refractivity contribution is 5.94. The third kappa shape index (κ3) is 2.65. The molecule has 1 atom stereocenters. The Balaban J connectivity index is 1.77. The molecule has 154 valence electrons. The van der Waals surface area contributed by atoms with Crippen LogP contribution in [0.5, 0.6) is 17.2 Å². The van der Waals surface area contributed by atoms with E-state index in [2.05, 4.69) is 0 Å². The van der Waals surface area contributed by atoms with E-state index in [9.17, 15) is 15.2 Å². The number of phenolic OH excluding ortho intramolecular Hbond substituents is 1. The number of nitrogens with zero attached hydrogens (tertiary/aromatic N) is 1. The van der Waals surface area contributed by atoms with Gasteiger partial charge in [-0.05, 0) is 39.7 Å². The Morgan fingerprint density at radius 2 is 1.38 bits per heavy atom. The predicted molar refractivity (Wildman–Crippen MR) is 124 cm³/mol. The van der Waals surface area contributed by atoms with Crippen molar-refractivity contribution < 1.29 is 14.8 Å². The Morgan fingerprint density at radius 3 is 2.09 bits per heavy atom. The first-order valence-corrected chi connectivity index (χ1v) is 10.3. The normalized spacial score (nSPS) is 14.6. The van der Waals surface area contributed by atoms with E-state index in [1.54, 1.807) is 18.2 Å². The standard InChI is InChI=1S/C27H17NO4/c29-22-12-9-16-5-1-3-7-19(16)25(22)27-21-15-18(28(30)31)11-14-23(21)32-24-13-10-17-6-2-4-8-20(17)26(24)27/h1-15,27,29H/t27-/m1/s1. The molecule has 32 heavy (non-hydrogen) atoms. The van der Waals surface area contributed by atoms with Gasteiger partial charge in [0.2, 0.25) is 0 Å². The highest BCUT2D eigenvalue weighted by Gasteiger charge is 2.34. The van der Waals surface area contributed by atoms with Gasteiger partial charge in [-0.15, -0.1) is 0 Å². The van der Waals surface area contributed by atoms with Gasteiger partial charge in [-0.2, -0.15) is 0 Å². The molecule has 0 saturated heterocycles. The molecule has 1 heterocycles. The number of aromatic hydroxyl groups is 1. The number of phenols is 1. The molecule has 6 rings (SSSR count). The van der Waals surface area contributed by atoms with E-state index in [1.165, 1.54) is 6.07 Å². The monoisotopic (exact) mass is 419 g/mol. The van der Waals surface area contributed by atoms with Crippen LogP contribution < -0.4 is 4.74 Å². The van der Waals surface area contributed by atoms with Crippen LogP contribution in [0.4, 0.5) is 5.69 Å². The second-order valence-corrected chi connectivity index (χ2v) is 7.93. The van der Waals surface area contributed by atoms with Crippen LogP contribution in [0.15, 0.2) is 91.0 Å². The van der Waals surface area contributed by atoms with Gasteiger partial charge in [0, 0.05) is 34.7 Å². The fourth-order valence-electron chi connectivity index (χ4n) is 4.79. The number of benzene rings is 5. The molecular weight excluding hydrogens is 402 g/mol. The maximum Gasteiger partial charge on any atom is 0.270 e. The lowest BCUT2D eigenvalue weighted by Crippen LogP contribution is -2.13. The largest absolute Gasteiger partial charge is 0.508 e. The van der Waals surface area contributed by atoms with Gasteiger partial charge in [-0.3, -0.25) is 10.1 Å². The third-order valence-corrected chi connectivity index (χ3v) is 6.19. The van der Waals surface area contributed by atoms with E-state index in [0.29, 0.717) is 22.6 Å². The van der Waals surface area contributed by atoms with E-state index in [-0.39, 0.29) is 11.4 Å². The number of non-ortho nitro benzene ring substituents is 1. The summed E-state index contributed by atoms with van der Waals surface area (Å²) in [5.74, 6) is 0.941. The summed E-state index contributed by atoms with van der Waals surface area (Å²) in [6, 6.07) is 28.0. The molecule has 0 fully saturated rings. The molecule has 5 aromatic rings. The molecule has 1 aliphatic rings. The third-order valence-electron chi connectivity index (χ3n) is 6.19. The first-order chi connectivity index (χ1) is 15.6. The minimum absolute atomic E-state index is 0.0132. The van der Waals surface area contributed by atoms with Gasteiger partial charge in [0.25, 0.3) is 5.69 Å². The molecule has 5 aromatic carbocycles. The van der Waals surface area contributed by atoms with Gasteiger partial charge in [0.1, 0.15) is 17.2 Å². The van der Waals surface area contributed by atoms with Crippen molar-refractivity contribution in [3.63, 3.8) is 0 Å². The summed E-state index contributed by atoms with van der Waals surface area (Å²) < 4.78 is 6.22. The zero-order chi connectivity index (χ0) is 21.8. The van der Waals surface area contributed by atoms with E-state index >= 15 is 0 Å². The van der Waals surface area contributed by atoms with Crippen LogP contribution in [0.25, 0.3) is 21.5 Å². The number of hydrogen-bond acceptors (Lipinski definition) is 4. The van der Waals surface area contributed by atoms with Crippen molar-refractivity contribution in [1.29, 1.82) is 0 Å². The van der Waals surface area contributed by atoms with Crippen molar-refractivity contribution in [2.45, 2.75) is 5.92 Å². The summed E-state index contributed by atoms with van der Waals surface area (Å²) >= 11 is 0. The highest BCUT2D eigenvalue weighted by atomic mass is 16.6. The van der Waals surface area contributed by atoms with Gasteiger partial charge in [-0.25, -0.2) is 0 Å². The maximum atomic E-state index is 11.6. The number of fused-ring (bicyclic) bond motifs is 5. The lowest BCUT2D eigenvalue weighted by atomic mass is 9.78. The van der Waals surface area contributed by atoms with Crippen molar-refractivity contribution in [2.24, 2.45) is 0 Å². The molecular formula is C27H17NO4. The van der Waals surface area contributed by atoms with Crippen molar-refractivity contribution >= 4 is 27.2 Å². The Labute approximate surface area is 183 Å². The molecule has 0 aliphatic carbocycles. The summed E-state index contributed by atoms with van der Waals surface area (Å²) in [5.41, 5.74) is 2.25. The summed E-state index contributed by atoms with van der Waals surface area (Å²) in [6.07, 6.45) is 0. The second-order valence-electron chi connectivity index (χ2n) is 7.93. The summed E-state index contributed by atoms with van der Waals surface area (Å²) in [6.45, 7) is 0. The number of nitro benzene ring substituents is 1. The average Bonchev–Trinajstić information content (AvgIpc) is 2.82. The maximum absolute atomic E-state index is 11.6. The number of hydrogen-bond donors (Lipinski definition) is 1. The Morgan fingerprint density at radius 1 is 0.750 bits per heavy atom. The number of rotatable bonds is 2. The van der Waals surface area contributed by atoms with Crippen LogP contribution in [0.2, 0.25) is 0 Å². The smallest absolute Gasteiger partial charge is 0.270 e. The topological polar surface area (TPSA) is 72.6 Å². The van der Waals surface area contributed by atoms with Crippen molar-refractivity contribution in [3.8, 4) is 17.2 Å². The van der Waals surface area contributed by atoms with Gasteiger partial charge in [0.05, 0.1) is 4.92 Å². The zero-order valence-corrected chi connectivity index (χ0v) is 16.9. The molecule has 5 heteroatoms. The van der Waals surface area contributed by atoms with Crippen LogP contribution in [-0.4, -0.2) is 10.0 Å². The van der Waals surface area contributed by atoms with Crippen LogP contribution in [0, 0.1) is 10.1 Å². The lowest BCUT2D eigenvalue weighted by molar-refractivity contribution is -0.384. The molecule has 0 unspecified atom stereocenters. The SMILES string of the molecule is O=[N+]([O-])c1ccc2c(c1)[C@H](c1c(O)ccc3ccccc13)c1c(ccc3ccccc13)O2. The van der Waals surface area contributed by atoms with Gasteiger partial charge in [-0.1, -0.05) is 60.7 Å². The fraction of sp³-hybridized carbons (Fsp3) is 0.0370. The fourth-order valence-corrected chi connectivity index (χ4v) is 4.79. The first-order valence-electron chi connectivity index (χ1n) is 10.3. The van der Waals surface area contributed by atoms with Crippen molar-refractivity contribution in [2.75, 3.05) is 0 Å². The summed E-state index contributed by atoms with van der Waals surface area (Å²) in [5, 5.41) is 26.6. The van der Waals surface area contributed by atoms with E-state index < -0.39 is 10.8 Å². The van der Waals surface area contributed by atoms with Crippen molar-refractivity contribution in [1.82, 2.24) is 0 Å². The molecule has 0 bridgehead atoms. The minimum atomic E-state index is -0.439. The molecule has 0 aromatic heterocycles. The quantitative estimate of drug-likeness (QED) is 0.245. The van der Waals surface area contributed by atoms with E-state index in [1.807, 2.05) is 66.7 Å². The Kier molecular flexibility index (Phi) is 3.92. The zero-order valence-electron chi connectivity index (χ0n) is 16.9. The average molecular weight is 419 g/mol. The predicted octanol–water partition coefficient (Wildman–Crippen LogP) is 6.89. The number of nitro groups is 1. The molecule has 0 spiro atoms. The summed E-state index contributed by atoms with van der Waals surface area (Å²) in [7, 11) is 0. The Hall–Kier alpha value is -4.38. The molecule has 0 saturated carbocycles. The Bertz CT molecular complexity index is 1510. The van der Waals surface area contributed by atoms with Crippen molar-refractivity contribution in [3.05, 3.63) is 118 Å². The van der Waals surface area contributed by atoms with Crippen LogP contribution in [-0.2, 0) is 0 Å². The van der Waals surface area contributed by atoms with Gasteiger partial charge < -0.3 is 9.84 Å². The molecule has 0 radical (unpaired) electrons. The van der Waals surface area contributed by atoms with Gasteiger partial charge >= 0.3 is 0 Å². The molecule has 1 N–H and O–H groups in total. The molecule has 5 nitrogen and oxygen atoms in total. The number of ether oxygens (including phenoxy) is 1. The molecule has 0 amide bonds. The van der Waals surface area contributed by atoms with Crippen LogP contribution in [0.1, 0.15) is 22.6 Å². The van der Waals surface area contributed by atoms with Gasteiger partial charge in [0.15, 0.2) is 0 Å². The molecule has 1 aliphatic heterocycles. The first kappa shape index (κ1) is 18.4. The van der Waals surface area contributed by atoms with E-state index in [0.717, 1.165) is 27.1 Å². The lowest BCUT2D eigenvalue weighted by Gasteiger charge is -2.31. The minimum Gasteiger partial charge on any atom is -0.508 e. The van der Waals surface area contributed by atoms with Crippen LogP contribution in [0.3, 0.4) is 0 Å². The second kappa shape index (κ2) is 6.82. The summed E-state index contributed by atoms with van der Waals surface area (Å²) in [4.78, 5) is 11.2.